The molecular formula is C15H22N2O. The number of rotatable bonds is 4. The van der Waals surface area contributed by atoms with E-state index in [1.807, 2.05) is 18.3 Å². The molecule has 1 aromatic heterocycles. The fraction of sp³-hybridized carbons (Fsp3) is 0.600. The molecule has 1 saturated carbocycles. The fourth-order valence-electron chi connectivity index (χ4n) is 2.51. The first-order valence-corrected chi connectivity index (χ1v) is 6.92. The first-order chi connectivity index (χ1) is 8.74. The highest BCUT2D eigenvalue weighted by atomic mass is 16.1. The summed E-state index contributed by atoms with van der Waals surface area (Å²) >= 11 is 0. The number of nitrogens with one attached hydrogen (secondary N) is 1. The molecule has 3 heteroatoms. The molecule has 98 valence electrons. The van der Waals surface area contributed by atoms with E-state index < -0.39 is 0 Å². The molecule has 0 aliphatic heterocycles. The highest BCUT2D eigenvalue weighted by Crippen LogP contribution is 2.23. The third-order valence-electron chi connectivity index (χ3n) is 3.74. The molecule has 1 aromatic rings. The zero-order valence-electron chi connectivity index (χ0n) is 11.1. The van der Waals surface area contributed by atoms with E-state index in [-0.39, 0.29) is 5.91 Å². The van der Waals surface area contributed by atoms with E-state index in [0.717, 1.165) is 30.7 Å². The summed E-state index contributed by atoms with van der Waals surface area (Å²) < 4.78 is 0. The van der Waals surface area contributed by atoms with Crippen LogP contribution in [0.1, 0.15) is 44.6 Å². The minimum Gasteiger partial charge on any atom is -0.353 e. The van der Waals surface area contributed by atoms with Crippen LogP contribution in [0, 0.1) is 5.92 Å². The Morgan fingerprint density at radius 3 is 2.83 bits per heavy atom. The van der Waals surface area contributed by atoms with Gasteiger partial charge in [-0.3, -0.25) is 9.78 Å². The average molecular weight is 246 g/mol. The van der Waals surface area contributed by atoms with E-state index in [9.17, 15) is 4.79 Å². The van der Waals surface area contributed by atoms with E-state index in [2.05, 4.69) is 17.2 Å². The van der Waals surface area contributed by atoms with Gasteiger partial charge in [0.2, 0.25) is 5.91 Å². The van der Waals surface area contributed by atoms with Crippen molar-refractivity contribution in [3.8, 4) is 0 Å². The number of nitrogens with zero attached hydrogens (tertiary/aromatic N) is 1. The van der Waals surface area contributed by atoms with Crippen molar-refractivity contribution in [3.63, 3.8) is 0 Å². The maximum absolute atomic E-state index is 11.8. The topological polar surface area (TPSA) is 42.0 Å². The van der Waals surface area contributed by atoms with Gasteiger partial charge in [0, 0.05) is 24.9 Å². The lowest BCUT2D eigenvalue weighted by atomic mass is 9.87. The molecule has 0 radical (unpaired) electrons. The molecule has 0 bridgehead atoms. The number of hydrogen-bond acceptors (Lipinski definition) is 2. The van der Waals surface area contributed by atoms with Gasteiger partial charge in [-0.1, -0.05) is 13.0 Å². The quantitative estimate of drug-likeness (QED) is 0.887. The molecule has 2 rings (SSSR count). The number of carbonyl (C=O) groups is 1. The first kappa shape index (κ1) is 13.1. The number of aryl methyl sites for hydroxylation is 1. The van der Waals surface area contributed by atoms with Gasteiger partial charge in [0.25, 0.3) is 0 Å². The van der Waals surface area contributed by atoms with Gasteiger partial charge in [-0.15, -0.1) is 0 Å². The summed E-state index contributed by atoms with van der Waals surface area (Å²) in [5, 5.41) is 3.15. The van der Waals surface area contributed by atoms with Gasteiger partial charge in [0.05, 0.1) is 0 Å². The molecule has 1 heterocycles. The highest BCUT2D eigenvalue weighted by molar-refractivity contribution is 5.76. The van der Waals surface area contributed by atoms with Gasteiger partial charge >= 0.3 is 0 Å². The van der Waals surface area contributed by atoms with Crippen molar-refractivity contribution >= 4 is 5.91 Å². The Bertz CT molecular complexity index is 369. The van der Waals surface area contributed by atoms with Crippen molar-refractivity contribution in [1.82, 2.24) is 10.3 Å². The van der Waals surface area contributed by atoms with Crippen LogP contribution in [0.15, 0.2) is 24.5 Å². The maximum atomic E-state index is 11.8. The second-order valence-corrected chi connectivity index (χ2v) is 5.39. The van der Waals surface area contributed by atoms with E-state index in [1.54, 1.807) is 6.20 Å². The van der Waals surface area contributed by atoms with Crippen molar-refractivity contribution in [3.05, 3.63) is 30.1 Å². The summed E-state index contributed by atoms with van der Waals surface area (Å²) in [6, 6.07) is 4.33. The second kappa shape index (κ2) is 6.53. The van der Waals surface area contributed by atoms with Crippen LogP contribution in [-0.2, 0) is 11.2 Å². The predicted molar refractivity (Wildman–Crippen MR) is 72.1 cm³/mol. The molecule has 0 unspecified atom stereocenters. The van der Waals surface area contributed by atoms with Gasteiger partial charge in [0.1, 0.15) is 0 Å². The van der Waals surface area contributed by atoms with Gasteiger partial charge in [0.15, 0.2) is 0 Å². The van der Waals surface area contributed by atoms with Crippen molar-refractivity contribution in [1.29, 1.82) is 0 Å². The summed E-state index contributed by atoms with van der Waals surface area (Å²) in [6.45, 7) is 2.29. The molecule has 18 heavy (non-hydrogen) atoms. The van der Waals surface area contributed by atoms with E-state index in [0.29, 0.717) is 12.5 Å². The van der Waals surface area contributed by atoms with Crippen LogP contribution in [-0.4, -0.2) is 16.9 Å². The Balaban J connectivity index is 1.69. The molecule has 1 amide bonds. The maximum Gasteiger partial charge on any atom is 0.220 e. The Labute approximate surface area is 109 Å². The van der Waals surface area contributed by atoms with Crippen LogP contribution < -0.4 is 5.32 Å². The number of amides is 1. The van der Waals surface area contributed by atoms with Crippen molar-refractivity contribution in [2.75, 3.05) is 0 Å². The summed E-state index contributed by atoms with van der Waals surface area (Å²) in [4.78, 5) is 15.9. The number of carbonyl (C=O) groups excluding carboxylic acids is 1. The molecule has 0 spiro atoms. The van der Waals surface area contributed by atoms with Gasteiger partial charge in [-0.2, -0.15) is 0 Å². The van der Waals surface area contributed by atoms with Crippen molar-refractivity contribution < 1.29 is 4.79 Å². The molecule has 0 atom stereocenters. The van der Waals surface area contributed by atoms with E-state index >= 15 is 0 Å². The minimum absolute atomic E-state index is 0.179. The average Bonchev–Trinajstić information content (AvgIpc) is 2.40. The lowest BCUT2D eigenvalue weighted by Gasteiger charge is -2.26. The summed E-state index contributed by atoms with van der Waals surface area (Å²) in [5.74, 6) is 1.01. The number of aromatic nitrogens is 1. The largest absolute Gasteiger partial charge is 0.353 e. The second-order valence-electron chi connectivity index (χ2n) is 5.39. The van der Waals surface area contributed by atoms with E-state index in [1.165, 1.54) is 12.8 Å². The molecule has 0 aromatic carbocycles. The number of pyridine rings is 1. The third kappa shape index (κ3) is 4.13. The minimum atomic E-state index is 0.179. The Morgan fingerprint density at radius 1 is 1.39 bits per heavy atom. The molecule has 3 nitrogen and oxygen atoms in total. The Hall–Kier alpha value is -1.38. The normalized spacial score (nSPS) is 23.6. The lowest BCUT2D eigenvalue weighted by molar-refractivity contribution is -0.122. The predicted octanol–water partition coefficient (Wildman–Crippen LogP) is 2.71. The Morgan fingerprint density at radius 2 is 2.17 bits per heavy atom. The first-order valence-electron chi connectivity index (χ1n) is 6.92. The van der Waals surface area contributed by atoms with Crippen LogP contribution >= 0.6 is 0 Å². The van der Waals surface area contributed by atoms with Crippen LogP contribution in [0.25, 0.3) is 0 Å². The zero-order valence-corrected chi connectivity index (χ0v) is 11.1. The van der Waals surface area contributed by atoms with E-state index in [4.69, 9.17) is 0 Å². The van der Waals surface area contributed by atoms with Crippen LogP contribution in [0.5, 0.6) is 0 Å². The summed E-state index contributed by atoms with van der Waals surface area (Å²) in [7, 11) is 0. The SMILES string of the molecule is CC1CCC(NC(=O)CCc2cccnc2)CC1. The molecule has 1 aliphatic carbocycles. The fourth-order valence-corrected chi connectivity index (χ4v) is 2.51. The monoisotopic (exact) mass is 246 g/mol. The van der Waals surface area contributed by atoms with Crippen LogP contribution in [0.3, 0.4) is 0 Å². The van der Waals surface area contributed by atoms with Crippen LogP contribution in [0.2, 0.25) is 0 Å². The van der Waals surface area contributed by atoms with Crippen LogP contribution in [0.4, 0.5) is 0 Å². The molecule has 0 saturated heterocycles. The summed E-state index contributed by atoms with van der Waals surface area (Å²) in [5.41, 5.74) is 1.13. The standard InChI is InChI=1S/C15H22N2O/c1-12-4-7-14(8-5-12)17-15(18)9-6-13-3-2-10-16-11-13/h2-3,10-12,14H,4-9H2,1H3,(H,17,18). The summed E-state index contributed by atoms with van der Waals surface area (Å²) in [6.07, 6.45) is 9.70. The smallest absolute Gasteiger partial charge is 0.220 e. The molecular weight excluding hydrogens is 224 g/mol. The van der Waals surface area contributed by atoms with Gasteiger partial charge < -0.3 is 5.32 Å². The number of hydrogen-bond donors (Lipinski definition) is 1. The Kier molecular flexibility index (Phi) is 4.73. The molecule has 1 N–H and O–H groups in total. The van der Waals surface area contributed by atoms with Gasteiger partial charge in [-0.25, -0.2) is 0 Å². The van der Waals surface area contributed by atoms with Crippen molar-refractivity contribution in [2.24, 2.45) is 5.92 Å². The van der Waals surface area contributed by atoms with Gasteiger partial charge in [-0.05, 0) is 49.7 Å². The van der Waals surface area contributed by atoms with Crippen molar-refractivity contribution in [2.45, 2.75) is 51.5 Å². The zero-order chi connectivity index (χ0) is 12.8. The highest BCUT2D eigenvalue weighted by Gasteiger charge is 2.19. The lowest BCUT2D eigenvalue weighted by Crippen LogP contribution is -2.37. The molecule has 1 fully saturated rings. The third-order valence-corrected chi connectivity index (χ3v) is 3.74. The molecule has 1 aliphatic rings.